The first-order chi connectivity index (χ1) is 12.4. The summed E-state index contributed by atoms with van der Waals surface area (Å²) in [6, 6.07) is 6.37. The molecule has 1 saturated carbocycles. The van der Waals surface area contributed by atoms with Crippen LogP contribution < -0.4 is 11.1 Å². The minimum Gasteiger partial charge on any atom is -0.384 e. The number of amides is 1. The highest BCUT2D eigenvalue weighted by Crippen LogP contribution is 2.64. The van der Waals surface area contributed by atoms with Crippen LogP contribution in [0.4, 0.5) is 10.1 Å². The largest absolute Gasteiger partial charge is 0.384 e. The minimum absolute atomic E-state index is 0.0370. The summed E-state index contributed by atoms with van der Waals surface area (Å²) in [5.74, 6) is -0.948. The third kappa shape index (κ3) is 3.20. The van der Waals surface area contributed by atoms with E-state index in [2.05, 4.69) is 20.3 Å². The number of carbonyl (C=O) groups is 1. The maximum absolute atomic E-state index is 14.2. The number of amidine groups is 1. The van der Waals surface area contributed by atoms with Crippen molar-refractivity contribution in [3.05, 3.63) is 66.6 Å². The number of halogens is 1. The highest BCUT2D eigenvalue weighted by atomic mass is 19.1. The number of rotatable bonds is 5. The molecule has 1 atom stereocenters. The number of aromatic nitrogens is 2. The number of pyridine rings is 2. The van der Waals surface area contributed by atoms with Crippen molar-refractivity contribution in [2.75, 3.05) is 5.32 Å². The van der Waals surface area contributed by atoms with Crippen molar-refractivity contribution in [2.24, 2.45) is 16.1 Å². The van der Waals surface area contributed by atoms with Gasteiger partial charge in [0.25, 0.3) is 5.91 Å². The van der Waals surface area contributed by atoms with Gasteiger partial charge in [0.15, 0.2) is 0 Å². The number of carbonyl (C=O) groups excluding carboxylic acids is 1. The van der Waals surface area contributed by atoms with Gasteiger partial charge < -0.3 is 11.1 Å². The van der Waals surface area contributed by atoms with E-state index in [1.165, 1.54) is 24.4 Å². The van der Waals surface area contributed by atoms with E-state index in [0.717, 1.165) is 5.69 Å². The zero-order valence-electron chi connectivity index (χ0n) is 14.6. The Kier molecular flexibility index (Phi) is 4.54. The van der Waals surface area contributed by atoms with Crippen LogP contribution in [0.5, 0.6) is 0 Å². The Labute approximate surface area is 151 Å². The van der Waals surface area contributed by atoms with Gasteiger partial charge >= 0.3 is 0 Å². The van der Waals surface area contributed by atoms with E-state index in [1.54, 1.807) is 30.7 Å². The number of hydrogen-bond acceptors (Lipinski definition) is 4. The van der Waals surface area contributed by atoms with Crippen molar-refractivity contribution in [3.63, 3.8) is 0 Å². The van der Waals surface area contributed by atoms with Gasteiger partial charge in [0, 0.05) is 30.5 Å². The second-order valence-electron chi connectivity index (χ2n) is 6.86. The summed E-state index contributed by atoms with van der Waals surface area (Å²) in [6.45, 7) is 3.79. The van der Waals surface area contributed by atoms with Crippen molar-refractivity contribution in [1.82, 2.24) is 9.97 Å². The van der Waals surface area contributed by atoms with Crippen LogP contribution in [-0.2, 0) is 10.2 Å². The average molecular weight is 353 g/mol. The smallest absolute Gasteiger partial charge is 0.260 e. The molecule has 0 saturated heterocycles. The van der Waals surface area contributed by atoms with Crippen molar-refractivity contribution in [3.8, 4) is 0 Å². The first-order valence-electron chi connectivity index (χ1n) is 8.19. The van der Waals surface area contributed by atoms with E-state index in [1.807, 2.05) is 13.8 Å². The third-order valence-corrected chi connectivity index (χ3v) is 4.68. The molecule has 6 nitrogen and oxygen atoms in total. The molecule has 0 spiro atoms. The topological polar surface area (TPSA) is 93.3 Å². The molecule has 1 aliphatic carbocycles. The molecule has 0 bridgehead atoms. The quantitative estimate of drug-likeness (QED) is 0.637. The molecule has 2 heterocycles. The van der Waals surface area contributed by atoms with E-state index < -0.39 is 22.6 Å². The zero-order valence-corrected chi connectivity index (χ0v) is 14.6. The van der Waals surface area contributed by atoms with Crippen LogP contribution in [-0.4, -0.2) is 21.7 Å². The number of nitrogens with two attached hydrogens (primary N) is 1. The van der Waals surface area contributed by atoms with Gasteiger partial charge in [-0.15, -0.1) is 0 Å². The van der Waals surface area contributed by atoms with E-state index in [0.29, 0.717) is 6.42 Å². The molecule has 3 N–H and O–H groups in total. The lowest BCUT2D eigenvalue weighted by Gasteiger charge is -2.17. The molecule has 2 aromatic rings. The fraction of sp³-hybridized carbons (Fsp3) is 0.263. The van der Waals surface area contributed by atoms with E-state index in [4.69, 9.17) is 5.73 Å². The van der Waals surface area contributed by atoms with E-state index in [9.17, 15) is 9.18 Å². The first-order valence-corrected chi connectivity index (χ1v) is 8.19. The average Bonchev–Trinajstić information content (AvgIpc) is 3.20. The molecule has 1 aliphatic rings. The lowest BCUT2D eigenvalue weighted by Crippen LogP contribution is -2.29. The Morgan fingerprint density at radius 3 is 2.62 bits per heavy atom. The standard InChI is InChI=1S/C19H20FN5O/c1-18(2)12-19(18,16-14(20)4-3-8-24-16)17(26)25-15(21)7-11-23-13-5-9-22-10-6-13/h3-11H,12H2,1-2H3,(H,22,23)(H2,21,25,26)/b11-7-. The molecule has 7 heteroatoms. The molecule has 26 heavy (non-hydrogen) atoms. The molecule has 1 unspecified atom stereocenters. The molecule has 134 valence electrons. The lowest BCUT2D eigenvalue weighted by atomic mass is 9.90. The SMILES string of the molecule is CC1(C)CC1(C(=O)N=C(N)/C=C\Nc1ccncc1)c1ncccc1F. The first kappa shape index (κ1) is 17.7. The second kappa shape index (κ2) is 6.67. The number of nitrogens with zero attached hydrogens (tertiary/aromatic N) is 3. The molecule has 2 aromatic heterocycles. The molecule has 0 radical (unpaired) electrons. The second-order valence-corrected chi connectivity index (χ2v) is 6.86. The van der Waals surface area contributed by atoms with Crippen molar-refractivity contribution in [2.45, 2.75) is 25.7 Å². The van der Waals surface area contributed by atoms with Gasteiger partial charge in [-0.05, 0) is 42.2 Å². The van der Waals surface area contributed by atoms with Gasteiger partial charge in [0.05, 0.1) is 5.69 Å². The fourth-order valence-corrected chi connectivity index (χ4v) is 3.11. The predicted octanol–water partition coefficient (Wildman–Crippen LogP) is 2.79. The van der Waals surface area contributed by atoms with Crippen LogP contribution in [0.15, 0.2) is 60.1 Å². The summed E-state index contributed by atoms with van der Waals surface area (Å²) in [4.78, 5) is 24.8. The molecular weight excluding hydrogens is 333 g/mol. The summed E-state index contributed by atoms with van der Waals surface area (Å²) in [5, 5.41) is 3.00. The van der Waals surface area contributed by atoms with Gasteiger partial charge in [-0.2, -0.15) is 4.99 Å². The number of anilines is 1. The van der Waals surface area contributed by atoms with Crippen LogP contribution in [0.25, 0.3) is 0 Å². The third-order valence-electron chi connectivity index (χ3n) is 4.68. The van der Waals surface area contributed by atoms with Crippen LogP contribution in [0.3, 0.4) is 0 Å². The predicted molar refractivity (Wildman–Crippen MR) is 97.9 cm³/mol. The molecule has 0 aromatic carbocycles. The molecule has 3 rings (SSSR count). The minimum atomic E-state index is -1.07. The summed E-state index contributed by atoms with van der Waals surface area (Å²) in [5.41, 5.74) is 5.30. The molecule has 0 aliphatic heterocycles. The number of hydrogen-bond donors (Lipinski definition) is 2. The monoisotopic (exact) mass is 353 g/mol. The Bertz CT molecular complexity index is 879. The van der Waals surface area contributed by atoms with Gasteiger partial charge in [0.1, 0.15) is 17.1 Å². The summed E-state index contributed by atoms with van der Waals surface area (Å²) < 4.78 is 14.2. The normalized spacial score (nSPS) is 21.6. The van der Waals surface area contributed by atoms with Crippen LogP contribution in [0.2, 0.25) is 0 Å². The Hall–Kier alpha value is -3.09. The van der Waals surface area contributed by atoms with Crippen LogP contribution in [0, 0.1) is 11.2 Å². The molecule has 1 fully saturated rings. The Balaban J connectivity index is 1.79. The summed E-state index contributed by atoms with van der Waals surface area (Å²) >= 11 is 0. The van der Waals surface area contributed by atoms with Crippen LogP contribution in [0.1, 0.15) is 26.0 Å². The van der Waals surface area contributed by atoms with Crippen LogP contribution >= 0.6 is 0 Å². The highest BCUT2D eigenvalue weighted by Gasteiger charge is 2.69. The molecule has 1 amide bonds. The van der Waals surface area contributed by atoms with Crippen molar-refractivity contribution >= 4 is 17.4 Å². The van der Waals surface area contributed by atoms with Gasteiger partial charge in [-0.1, -0.05) is 13.8 Å². The maximum Gasteiger partial charge on any atom is 0.260 e. The van der Waals surface area contributed by atoms with E-state index in [-0.39, 0.29) is 11.5 Å². The highest BCUT2D eigenvalue weighted by molar-refractivity contribution is 6.05. The van der Waals surface area contributed by atoms with Crippen molar-refractivity contribution < 1.29 is 9.18 Å². The molecular formula is C19H20FN5O. The Morgan fingerprint density at radius 1 is 1.31 bits per heavy atom. The summed E-state index contributed by atoms with van der Waals surface area (Å²) in [7, 11) is 0. The number of aliphatic imine (C=N–C) groups is 1. The van der Waals surface area contributed by atoms with E-state index >= 15 is 0 Å². The van der Waals surface area contributed by atoms with Gasteiger partial charge in [-0.25, -0.2) is 4.39 Å². The van der Waals surface area contributed by atoms with Gasteiger partial charge in [0.2, 0.25) is 0 Å². The van der Waals surface area contributed by atoms with Crippen molar-refractivity contribution in [1.29, 1.82) is 0 Å². The maximum atomic E-state index is 14.2. The zero-order chi connectivity index (χ0) is 18.8. The lowest BCUT2D eigenvalue weighted by molar-refractivity contribution is -0.121. The number of nitrogens with one attached hydrogen (secondary N) is 1. The fourth-order valence-electron chi connectivity index (χ4n) is 3.11. The summed E-state index contributed by atoms with van der Waals surface area (Å²) in [6.07, 6.45) is 8.31. The van der Waals surface area contributed by atoms with Gasteiger partial charge in [-0.3, -0.25) is 14.8 Å². The Morgan fingerprint density at radius 2 is 2.00 bits per heavy atom.